The molecule has 0 bridgehead atoms. The van der Waals surface area contributed by atoms with Gasteiger partial charge in [-0.05, 0) is 49.5 Å². The first-order chi connectivity index (χ1) is 9.20. The van der Waals surface area contributed by atoms with Crippen LogP contribution in [0.1, 0.15) is 29.0 Å². The Bertz CT molecular complexity index is 502. The average molecular weight is 291 g/mol. The van der Waals surface area contributed by atoms with E-state index in [2.05, 4.69) is 61.8 Å². The molecule has 102 valence electrons. The molecule has 0 fully saturated rings. The van der Waals surface area contributed by atoms with Crippen molar-refractivity contribution in [1.82, 2.24) is 5.32 Å². The van der Waals surface area contributed by atoms with Crippen LogP contribution in [0.5, 0.6) is 0 Å². The highest BCUT2D eigenvalue weighted by molar-refractivity contribution is 7.99. The lowest BCUT2D eigenvalue weighted by Gasteiger charge is -2.17. The summed E-state index contributed by atoms with van der Waals surface area (Å²) in [5.74, 6) is 1.08. The topological polar surface area (TPSA) is 12.0 Å². The van der Waals surface area contributed by atoms with Gasteiger partial charge in [0, 0.05) is 21.6 Å². The number of thiophene rings is 1. The normalized spacial score (nSPS) is 12.6. The largest absolute Gasteiger partial charge is 0.309 e. The molecule has 0 saturated carbocycles. The highest BCUT2D eigenvalue weighted by Gasteiger charge is 2.13. The van der Waals surface area contributed by atoms with Crippen molar-refractivity contribution in [3.63, 3.8) is 0 Å². The van der Waals surface area contributed by atoms with Crippen molar-refractivity contribution >= 4 is 23.1 Å². The highest BCUT2D eigenvalue weighted by Crippen LogP contribution is 2.28. The molecule has 1 nitrogen and oxygen atoms in total. The number of benzene rings is 1. The minimum atomic E-state index is 0.447. The van der Waals surface area contributed by atoms with Crippen molar-refractivity contribution in [2.75, 3.05) is 12.3 Å². The summed E-state index contributed by atoms with van der Waals surface area (Å²) in [6.07, 6.45) is 0. The molecule has 19 heavy (non-hydrogen) atoms. The standard InChI is InChI=1S/C16H21NS2/c1-4-17-16(15-9-10-18-13(15)3)11-19-14-7-5-12(2)6-8-14/h5-10,16-17H,4,11H2,1-3H3. The molecule has 0 aliphatic heterocycles. The van der Waals surface area contributed by atoms with Crippen molar-refractivity contribution in [2.24, 2.45) is 0 Å². The van der Waals surface area contributed by atoms with Crippen molar-refractivity contribution in [3.8, 4) is 0 Å². The zero-order valence-electron chi connectivity index (χ0n) is 11.8. The van der Waals surface area contributed by atoms with Gasteiger partial charge in [0.25, 0.3) is 0 Å². The molecule has 1 aromatic carbocycles. The van der Waals surface area contributed by atoms with E-state index in [9.17, 15) is 0 Å². The molecule has 0 saturated heterocycles. The second-order valence-electron chi connectivity index (χ2n) is 4.67. The molecule has 1 heterocycles. The fraction of sp³-hybridized carbons (Fsp3) is 0.375. The highest BCUT2D eigenvalue weighted by atomic mass is 32.2. The monoisotopic (exact) mass is 291 g/mol. The number of hydrogen-bond donors (Lipinski definition) is 1. The third-order valence-electron chi connectivity index (χ3n) is 3.16. The molecule has 1 atom stereocenters. The van der Waals surface area contributed by atoms with Crippen LogP contribution in [0.15, 0.2) is 40.6 Å². The van der Waals surface area contributed by atoms with Crippen LogP contribution in [0.4, 0.5) is 0 Å². The summed E-state index contributed by atoms with van der Waals surface area (Å²) in [5, 5.41) is 5.78. The van der Waals surface area contributed by atoms with Crippen LogP contribution in [-0.2, 0) is 0 Å². The van der Waals surface area contributed by atoms with E-state index in [-0.39, 0.29) is 0 Å². The van der Waals surface area contributed by atoms with Gasteiger partial charge in [-0.25, -0.2) is 0 Å². The quantitative estimate of drug-likeness (QED) is 0.767. The van der Waals surface area contributed by atoms with Crippen LogP contribution >= 0.6 is 23.1 Å². The Morgan fingerprint density at radius 2 is 1.89 bits per heavy atom. The summed E-state index contributed by atoms with van der Waals surface area (Å²) in [5.41, 5.74) is 2.77. The molecular weight excluding hydrogens is 270 g/mol. The molecule has 0 amide bonds. The van der Waals surface area contributed by atoms with Crippen LogP contribution < -0.4 is 5.32 Å². The molecule has 2 aromatic rings. The van der Waals surface area contributed by atoms with Gasteiger partial charge in [-0.3, -0.25) is 0 Å². The van der Waals surface area contributed by atoms with E-state index in [1.165, 1.54) is 20.9 Å². The van der Waals surface area contributed by atoms with E-state index in [0.29, 0.717) is 6.04 Å². The van der Waals surface area contributed by atoms with Crippen molar-refractivity contribution in [3.05, 3.63) is 51.7 Å². The summed E-state index contributed by atoms with van der Waals surface area (Å²) in [6, 6.07) is 11.5. The summed E-state index contributed by atoms with van der Waals surface area (Å²) >= 11 is 3.76. The predicted molar refractivity (Wildman–Crippen MR) is 87.4 cm³/mol. The smallest absolute Gasteiger partial charge is 0.0426 e. The SMILES string of the molecule is CCNC(CSc1ccc(C)cc1)c1ccsc1C. The Hall–Kier alpha value is -0.770. The number of hydrogen-bond acceptors (Lipinski definition) is 3. The maximum absolute atomic E-state index is 3.59. The molecule has 3 heteroatoms. The Labute approximate surface area is 124 Å². The maximum Gasteiger partial charge on any atom is 0.0426 e. The van der Waals surface area contributed by atoms with Crippen LogP contribution in [0.25, 0.3) is 0 Å². The second kappa shape index (κ2) is 7.13. The molecule has 1 aromatic heterocycles. The zero-order valence-corrected chi connectivity index (χ0v) is 13.4. The van der Waals surface area contributed by atoms with Crippen LogP contribution in [0, 0.1) is 13.8 Å². The fourth-order valence-electron chi connectivity index (χ4n) is 2.08. The van der Waals surface area contributed by atoms with Gasteiger partial charge in [0.1, 0.15) is 0 Å². The van der Waals surface area contributed by atoms with E-state index in [1.807, 2.05) is 23.1 Å². The number of thioether (sulfide) groups is 1. The molecule has 2 rings (SSSR count). The predicted octanol–water partition coefficient (Wildman–Crippen LogP) is 4.81. The van der Waals surface area contributed by atoms with Crippen LogP contribution in [0.2, 0.25) is 0 Å². The molecular formula is C16H21NS2. The minimum absolute atomic E-state index is 0.447. The van der Waals surface area contributed by atoms with Gasteiger partial charge in [0.05, 0.1) is 0 Å². The van der Waals surface area contributed by atoms with E-state index >= 15 is 0 Å². The lowest BCUT2D eigenvalue weighted by Crippen LogP contribution is -2.23. The minimum Gasteiger partial charge on any atom is -0.309 e. The number of nitrogens with one attached hydrogen (secondary N) is 1. The fourth-order valence-corrected chi connectivity index (χ4v) is 3.83. The van der Waals surface area contributed by atoms with E-state index < -0.39 is 0 Å². The van der Waals surface area contributed by atoms with Gasteiger partial charge >= 0.3 is 0 Å². The molecule has 0 aliphatic carbocycles. The number of rotatable bonds is 6. The third kappa shape index (κ3) is 4.10. The first-order valence-electron chi connectivity index (χ1n) is 6.67. The van der Waals surface area contributed by atoms with E-state index in [4.69, 9.17) is 0 Å². The summed E-state index contributed by atoms with van der Waals surface area (Å²) in [4.78, 5) is 2.77. The number of aryl methyl sites for hydroxylation is 2. The first-order valence-corrected chi connectivity index (χ1v) is 8.54. The van der Waals surface area contributed by atoms with Crippen molar-refractivity contribution < 1.29 is 0 Å². The lowest BCUT2D eigenvalue weighted by molar-refractivity contribution is 0.605. The van der Waals surface area contributed by atoms with Gasteiger partial charge < -0.3 is 5.32 Å². The zero-order chi connectivity index (χ0) is 13.7. The van der Waals surface area contributed by atoms with Gasteiger partial charge in [-0.15, -0.1) is 23.1 Å². The maximum atomic E-state index is 3.59. The van der Waals surface area contributed by atoms with Crippen molar-refractivity contribution in [2.45, 2.75) is 31.7 Å². The van der Waals surface area contributed by atoms with E-state index in [0.717, 1.165) is 12.3 Å². The summed E-state index contributed by atoms with van der Waals surface area (Å²) < 4.78 is 0. The van der Waals surface area contributed by atoms with Gasteiger partial charge in [-0.2, -0.15) is 0 Å². The second-order valence-corrected chi connectivity index (χ2v) is 6.88. The van der Waals surface area contributed by atoms with Gasteiger partial charge in [-0.1, -0.05) is 24.6 Å². The van der Waals surface area contributed by atoms with E-state index in [1.54, 1.807) is 0 Å². The van der Waals surface area contributed by atoms with Crippen LogP contribution in [0.3, 0.4) is 0 Å². The lowest BCUT2D eigenvalue weighted by atomic mass is 10.1. The Morgan fingerprint density at radius 3 is 2.47 bits per heavy atom. The van der Waals surface area contributed by atoms with Gasteiger partial charge in [0.15, 0.2) is 0 Å². The molecule has 0 aliphatic rings. The third-order valence-corrected chi connectivity index (χ3v) is 5.13. The Morgan fingerprint density at radius 1 is 1.16 bits per heavy atom. The molecule has 0 spiro atoms. The Balaban J connectivity index is 2.01. The van der Waals surface area contributed by atoms with Crippen molar-refractivity contribution in [1.29, 1.82) is 0 Å². The van der Waals surface area contributed by atoms with Gasteiger partial charge in [0.2, 0.25) is 0 Å². The molecule has 1 N–H and O–H groups in total. The summed E-state index contributed by atoms with van der Waals surface area (Å²) in [6.45, 7) is 7.52. The molecule has 1 unspecified atom stereocenters. The Kier molecular flexibility index (Phi) is 5.49. The average Bonchev–Trinajstić information content (AvgIpc) is 2.83. The first kappa shape index (κ1) is 14.6. The molecule has 0 radical (unpaired) electrons. The summed E-state index contributed by atoms with van der Waals surface area (Å²) in [7, 11) is 0. The van der Waals surface area contributed by atoms with Crippen LogP contribution in [-0.4, -0.2) is 12.3 Å².